The van der Waals surface area contributed by atoms with E-state index in [9.17, 15) is 18.0 Å². The van der Waals surface area contributed by atoms with Crippen molar-refractivity contribution in [2.45, 2.75) is 84.2 Å². The highest BCUT2D eigenvalue weighted by atomic mass is 32.2. The van der Waals surface area contributed by atoms with Gasteiger partial charge in [-0.1, -0.05) is 33.1 Å². The Bertz CT molecular complexity index is 1220. The van der Waals surface area contributed by atoms with Crippen LogP contribution in [0.25, 0.3) is 6.08 Å². The van der Waals surface area contributed by atoms with Crippen molar-refractivity contribution in [1.29, 1.82) is 0 Å². The number of nitrogens with one attached hydrogen (secondary N) is 2. The summed E-state index contributed by atoms with van der Waals surface area (Å²) in [5, 5.41) is 7.10. The third kappa shape index (κ3) is 6.02. The van der Waals surface area contributed by atoms with Crippen molar-refractivity contribution in [2.24, 2.45) is 22.6 Å². The molecule has 4 N–H and O–H groups in total. The predicted molar refractivity (Wildman–Crippen MR) is 151 cm³/mol. The Balaban J connectivity index is 1.42. The first-order valence-corrected chi connectivity index (χ1v) is 15.2. The highest BCUT2D eigenvalue weighted by Crippen LogP contribution is 2.35. The number of aryl methyl sites for hydroxylation is 2. The van der Waals surface area contributed by atoms with Gasteiger partial charge in [-0.3, -0.25) is 14.6 Å². The number of hydrogen-bond donors (Lipinski definition) is 3. The van der Waals surface area contributed by atoms with Gasteiger partial charge in [0.15, 0.2) is 0 Å². The predicted octanol–water partition coefficient (Wildman–Crippen LogP) is 3.47. The molecule has 2 heterocycles. The molecule has 208 valence electrons. The molecule has 1 aromatic carbocycles. The summed E-state index contributed by atoms with van der Waals surface area (Å²) in [5.41, 5.74) is 8.20. The zero-order valence-corrected chi connectivity index (χ0v) is 23.7. The van der Waals surface area contributed by atoms with Gasteiger partial charge in [-0.25, -0.2) is 8.42 Å². The maximum Gasteiger partial charge on any atom is 0.253 e. The summed E-state index contributed by atoms with van der Waals surface area (Å²) in [5.74, 6) is 0.803. The lowest BCUT2D eigenvalue weighted by atomic mass is 9.88. The van der Waals surface area contributed by atoms with Crippen molar-refractivity contribution in [3.05, 3.63) is 34.2 Å². The highest BCUT2D eigenvalue weighted by Gasteiger charge is 2.48. The number of hydrogen-bond acceptors (Lipinski definition) is 6. The Morgan fingerprint density at radius 3 is 2.34 bits per heavy atom. The van der Waals surface area contributed by atoms with E-state index < -0.39 is 21.6 Å². The topological polar surface area (TPSA) is 134 Å². The molecule has 1 aromatic rings. The van der Waals surface area contributed by atoms with Gasteiger partial charge in [-0.2, -0.15) is 4.31 Å². The van der Waals surface area contributed by atoms with Gasteiger partial charge in [0, 0.05) is 30.1 Å². The van der Waals surface area contributed by atoms with Crippen LogP contribution >= 0.6 is 0 Å². The van der Waals surface area contributed by atoms with E-state index in [2.05, 4.69) is 10.6 Å². The van der Waals surface area contributed by atoms with Gasteiger partial charge >= 0.3 is 0 Å². The molecule has 1 saturated carbocycles. The summed E-state index contributed by atoms with van der Waals surface area (Å²) in [4.78, 5) is 30.1. The number of amidine groups is 1. The molecular formula is C28H41N5O4S. The number of nitrogens with two attached hydrogens (primary N) is 1. The van der Waals surface area contributed by atoms with E-state index in [1.807, 2.05) is 39.8 Å². The summed E-state index contributed by atoms with van der Waals surface area (Å²) in [7, 11) is -3.68. The van der Waals surface area contributed by atoms with Gasteiger partial charge in [0.2, 0.25) is 15.9 Å². The quantitative estimate of drug-likeness (QED) is 0.484. The Hall–Kier alpha value is -2.56. The highest BCUT2D eigenvalue weighted by molar-refractivity contribution is 7.92. The van der Waals surface area contributed by atoms with Crippen LogP contribution in [0.2, 0.25) is 0 Å². The van der Waals surface area contributed by atoms with E-state index in [4.69, 9.17) is 10.7 Å². The molecule has 1 spiro atoms. The summed E-state index contributed by atoms with van der Waals surface area (Å²) in [6.45, 7) is 8.04. The zero-order valence-electron chi connectivity index (χ0n) is 22.9. The van der Waals surface area contributed by atoms with Crippen LogP contribution in [0, 0.1) is 25.7 Å². The zero-order chi connectivity index (χ0) is 27.7. The Kier molecular flexibility index (Phi) is 8.44. The van der Waals surface area contributed by atoms with E-state index in [0.717, 1.165) is 48.2 Å². The first kappa shape index (κ1) is 28.4. The minimum Gasteiger partial charge on any atom is -0.325 e. The van der Waals surface area contributed by atoms with E-state index >= 15 is 0 Å². The molecule has 3 aliphatic rings. The van der Waals surface area contributed by atoms with Gasteiger partial charge in [0.25, 0.3) is 5.91 Å². The molecule has 9 nitrogen and oxygen atoms in total. The number of nitrogens with zero attached hydrogens (tertiary/aromatic N) is 2. The molecule has 10 heteroatoms. The lowest BCUT2D eigenvalue weighted by Crippen LogP contribution is -2.50. The number of sulfonamides is 1. The van der Waals surface area contributed by atoms with E-state index in [0.29, 0.717) is 24.4 Å². The van der Waals surface area contributed by atoms with Crippen LogP contribution in [0.1, 0.15) is 75.5 Å². The molecular weight excluding hydrogens is 502 g/mol. The number of benzene rings is 1. The normalized spacial score (nSPS) is 21.6. The van der Waals surface area contributed by atoms with Gasteiger partial charge < -0.3 is 16.4 Å². The van der Waals surface area contributed by atoms with Crippen molar-refractivity contribution in [2.75, 3.05) is 18.4 Å². The van der Waals surface area contributed by atoms with Crippen LogP contribution in [0.3, 0.4) is 0 Å². The first-order chi connectivity index (χ1) is 17.9. The number of rotatable bonds is 7. The molecule has 1 saturated heterocycles. The van der Waals surface area contributed by atoms with Crippen molar-refractivity contribution in [1.82, 2.24) is 9.62 Å². The lowest BCUT2D eigenvalue weighted by molar-refractivity contribution is -0.125. The van der Waals surface area contributed by atoms with Gasteiger partial charge in [-0.05, 0) is 80.3 Å². The smallest absolute Gasteiger partial charge is 0.253 e. The third-order valence-electron chi connectivity index (χ3n) is 8.19. The summed E-state index contributed by atoms with van der Waals surface area (Å²) in [6, 6.07) is 3.02. The number of amides is 2. The molecule has 38 heavy (non-hydrogen) atoms. The van der Waals surface area contributed by atoms with Crippen molar-refractivity contribution < 1.29 is 18.0 Å². The number of aliphatic imine (C=N–C) groups is 1. The Morgan fingerprint density at radius 2 is 1.76 bits per heavy atom. The third-order valence-corrected chi connectivity index (χ3v) is 9.75. The van der Waals surface area contributed by atoms with E-state index in [1.54, 1.807) is 6.08 Å². The standard InChI is InChI=1S/C28H41N5O4S/c1-18(2)24(29)26(34)30-22-16-19(3)23(20(4)17-22)10-15-38(36,37)33-13-11-28(12-14-33)27(35)31-25(32-28)21-8-6-5-7-9-21/h10,15-18,21,24H,5-9,11-14,29H2,1-4H3,(H,30,34)(H,31,32,35)/t24-/m0/s1. The van der Waals surface area contributed by atoms with Crippen molar-refractivity contribution in [3.8, 4) is 0 Å². The minimum absolute atomic E-state index is 0.0167. The molecule has 2 fully saturated rings. The summed E-state index contributed by atoms with van der Waals surface area (Å²) in [6.07, 6.45) is 8.03. The maximum atomic E-state index is 13.2. The second-order valence-electron chi connectivity index (χ2n) is 11.3. The SMILES string of the molecule is Cc1cc(NC(=O)[C@@H](N)C(C)C)cc(C)c1C=CS(=O)(=O)N1CCC2(CC1)N=C(C1CCCCC1)NC2=O. The minimum atomic E-state index is -3.68. The van der Waals surface area contributed by atoms with Crippen LogP contribution in [0.4, 0.5) is 5.69 Å². The van der Waals surface area contributed by atoms with Crippen LogP contribution in [-0.2, 0) is 19.6 Å². The largest absolute Gasteiger partial charge is 0.325 e. The molecule has 0 bridgehead atoms. The molecule has 0 aromatic heterocycles. The second kappa shape index (κ2) is 11.3. The summed E-state index contributed by atoms with van der Waals surface area (Å²) < 4.78 is 27.8. The summed E-state index contributed by atoms with van der Waals surface area (Å²) >= 11 is 0. The number of piperidine rings is 1. The molecule has 1 aliphatic carbocycles. The van der Waals surface area contributed by atoms with E-state index in [-0.39, 0.29) is 30.8 Å². The molecule has 0 radical (unpaired) electrons. The Labute approximate surface area is 226 Å². The fourth-order valence-corrected chi connectivity index (χ4v) is 6.81. The molecule has 2 aliphatic heterocycles. The fourth-order valence-electron chi connectivity index (χ4n) is 5.64. The molecule has 4 rings (SSSR count). The van der Waals surface area contributed by atoms with Gasteiger partial charge in [-0.15, -0.1) is 0 Å². The number of carbonyl (C=O) groups is 2. The van der Waals surface area contributed by atoms with Crippen molar-refractivity contribution >= 4 is 39.4 Å². The van der Waals surface area contributed by atoms with Crippen molar-refractivity contribution in [3.63, 3.8) is 0 Å². The van der Waals surface area contributed by atoms with Crippen LogP contribution in [-0.4, -0.2) is 55.0 Å². The average Bonchev–Trinajstić information content (AvgIpc) is 3.19. The molecule has 2 amide bonds. The van der Waals surface area contributed by atoms with Gasteiger partial charge in [0.1, 0.15) is 11.4 Å². The molecule has 1 atom stereocenters. The maximum absolute atomic E-state index is 13.2. The average molecular weight is 544 g/mol. The first-order valence-electron chi connectivity index (χ1n) is 13.7. The van der Waals surface area contributed by atoms with Crippen LogP contribution < -0.4 is 16.4 Å². The lowest BCUT2D eigenvalue weighted by Gasteiger charge is -2.34. The number of anilines is 1. The van der Waals surface area contributed by atoms with Crippen LogP contribution in [0.15, 0.2) is 22.5 Å². The van der Waals surface area contributed by atoms with Crippen LogP contribution in [0.5, 0.6) is 0 Å². The fraction of sp³-hybridized carbons (Fsp3) is 0.607. The second-order valence-corrected chi connectivity index (χ2v) is 13.2. The van der Waals surface area contributed by atoms with Gasteiger partial charge in [0.05, 0.1) is 6.04 Å². The monoisotopic (exact) mass is 543 g/mol. The number of carbonyl (C=O) groups excluding carboxylic acids is 2. The molecule has 0 unspecified atom stereocenters. The van der Waals surface area contributed by atoms with E-state index in [1.165, 1.54) is 16.1 Å². The Morgan fingerprint density at radius 1 is 1.16 bits per heavy atom.